The van der Waals surface area contributed by atoms with Gasteiger partial charge in [0.25, 0.3) is 0 Å². The van der Waals surface area contributed by atoms with Crippen LogP contribution in [0.15, 0.2) is 65.8 Å². The van der Waals surface area contributed by atoms with Gasteiger partial charge in [-0.05, 0) is 66.2 Å². The number of halogens is 3. The Hall–Kier alpha value is -2.85. The van der Waals surface area contributed by atoms with E-state index in [-0.39, 0.29) is 6.61 Å². The molecule has 4 aromatic rings. The Morgan fingerprint density at radius 2 is 1.76 bits per heavy atom. The molecule has 0 saturated heterocycles. The second-order valence-corrected chi connectivity index (χ2v) is 9.81. The minimum absolute atomic E-state index is 0.165. The molecular formula is C26H26Cl2FN5O2S. The molecule has 11 heteroatoms. The molecule has 0 unspecified atom stereocenters. The summed E-state index contributed by atoms with van der Waals surface area (Å²) in [6, 6.07) is 17.6. The number of benzene rings is 3. The molecule has 1 N–H and O–H groups in total. The molecule has 0 saturated carbocycles. The van der Waals surface area contributed by atoms with Gasteiger partial charge in [0, 0.05) is 29.0 Å². The van der Waals surface area contributed by atoms with E-state index in [4.69, 9.17) is 32.7 Å². The van der Waals surface area contributed by atoms with E-state index in [1.807, 2.05) is 43.3 Å². The fourth-order valence-electron chi connectivity index (χ4n) is 3.47. The number of hydrogen-bond donors (Lipinski definition) is 1. The Morgan fingerprint density at radius 1 is 0.973 bits per heavy atom. The molecule has 1 aromatic heterocycles. The lowest BCUT2D eigenvalue weighted by molar-refractivity contribution is 0.269. The summed E-state index contributed by atoms with van der Waals surface area (Å²) in [5.74, 6) is 1.56. The van der Waals surface area contributed by atoms with Gasteiger partial charge in [-0.2, -0.15) is 4.68 Å². The second-order valence-electron chi connectivity index (χ2n) is 7.94. The Bertz CT molecular complexity index is 1310. The van der Waals surface area contributed by atoms with Crippen LogP contribution in [0.25, 0.3) is 5.69 Å². The lowest BCUT2D eigenvalue weighted by Gasteiger charge is -2.16. The van der Waals surface area contributed by atoms with Crippen molar-refractivity contribution in [3.05, 3.63) is 87.7 Å². The van der Waals surface area contributed by atoms with Crippen molar-refractivity contribution >= 4 is 35.0 Å². The zero-order chi connectivity index (χ0) is 26.0. The molecular weight excluding hydrogens is 536 g/mol. The Kier molecular flexibility index (Phi) is 10.0. The quantitative estimate of drug-likeness (QED) is 0.150. The van der Waals surface area contributed by atoms with Crippen LogP contribution in [-0.4, -0.2) is 39.1 Å². The zero-order valence-corrected chi connectivity index (χ0v) is 22.5. The van der Waals surface area contributed by atoms with Crippen LogP contribution >= 0.6 is 35.0 Å². The maximum atomic E-state index is 13.3. The first-order chi connectivity index (χ1) is 18.0. The molecule has 7 nitrogen and oxygen atoms in total. The summed E-state index contributed by atoms with van der Waals surface area (Å²) < 4.78 is 26.7. The van der Waals surface area contributed by atoms with E-state index in [1.165, 1.54) is 12.1 Å². The summed E-state index contributed by atoms with van der Waals surface area (Å²) in [7, 11) is 0. The largest absolute Gasteiger partial charge is 0.490 e. The van der Waals surface area contributed by atoms with E-state index in [2.05, 4.69) is 20.8 Å². The molecule has 0 fully saturated rings. The maximum absolute atomic E-state index is 13.3. The van der Waals surface area contributed by atoms with Crippen molar-refractivity contribution in [3.8, 4) is 17.2 Å². The number of nitrogens with one attached hydrogen (secondary N) is 1. The van der Waals surface area contributed by atoms with Crippen molar-refractivity contribution in [1.82, 2.24) is 25.5 Å². The van der Waals surface area contributed by atoms with E-state index in [0.717, 1.165) is 35.1 Å². The highest BCUT2D eigenvalue weighted by Crippen LogP contribution is 2.34. The van der Waals surface area contributed by atoms with E-state index < -0.39 is 5.82 Å². The van der Waals surface area contributed by atoms with Gasteiger partial charge in [-0.25, -0.2) is 4.39 Å². The number of aromatic nitrogens is 4. The average Bonchev–Trinajstić information content (AvgIpc) is 3.37. The van der Waals surface area contributed by atoms with Gasteiger partial charge in [-0.15, -0.1) is 5.10 Å². The summed E-state index contributed by atoms with van der Waals surface area (Å²) in [5.41, 5.74) is 2.50. The highest BCUT2D eigenvalue weighted by molar-refractivity contribution is 7.99. The highest BCUT2D eigenvalue weighted by Gasteiger charge is 2.13. The molecule has 0 bridgehead atoms. The number of hydrogen-bond acceptors (Lipinski definition) is 7. The fraction of sp³-hybridized carbons (Fsp3) is 0.269. The SMILES string of the molecule is CCOc1cc(CNCCCSc2nnnn2-c2ccccc2)c(Cl)cc1OCc1ccc(F)cc1Cl. The van der Waals surface area contributed by atoms with Gasteiger partial charge in [-0.1, -0.05) is 59.2 Å². The maximum Gasteiger partial charge on any atom is 0.214 e. The minimum Gasteiger partial charge on any atom is -0.490 e. The van der Waals surface area contributed by atoms with Crippen LogP contribution in [0.2, 0.25) is 10.0 Å². The van der Waals surface area contributed by atoms with Gasteiger partial charge >= 0.3 is 0 Å². The van der Waals surface area contributed by atoms with Crippen molar-refractivity contribution in [3.63, 3.8) is 0 Å². The van der Waals surface area contributed by atoms with Gasteiger partial charge in [-0.3, -0.25) is 0 Å². The highest BCUT2D eigenvalue weighted by atomic mass is 35.5. The average molecular weight is 562 g/mol. The van der Waals surface area contributed by atoms with Crippen molar-refractivity contribution in [2.75, 3.05) is 18.9 Å². The van der Waals surface area contributed by atoms with Gasteiger partial charge in [0.2, 0.25) is 5.16 Å². The third-order valence-corrected chi connectivity index (χ3v) is 7.01. The molecule has 0 aliphatic carbocycles. The predicted octanol–water partition coefficient (Wildman–Crippen LogP) is 6.36. The number of tetrazole rings is 1. The van der Waals surface area contributed by atoms with Crippen LogP contribution in [-0.2, 0) is 13.2 Å². The molecule has 4 rings (SSSR count). The van der Waals surface area contributed by atoms with Gasteiger partial charge < -0.3 is 14.8 Å². The Balaban J connectivity index is 1.28. The first kappa shape index (κ1) is 27.2. The topological polar surface area (TPSA) is 74.1 Å². The van der Waals surface area contributed by atoms with Crippen molar-refractivity contribution in [2.24, 2.45) is 0 Å². The number of nitrogens with zero attached hydrogens (tertiary/aromatic N) is 4. The molecule has 1 heterocycles. The smallest absolute Gasteiger partial charge is 0.214 e. The lowest BCUT2D eigenvalue weighted by atomic mass is 10.2. The van der Waals surface area contributed by atoms with Crippen molar-refractivity contribution in [2.45, 2.75) is 31.7 Å². The van der Waals surface area contributed by atoms with E-state index >= 15 is 0 Å². The summed E-state index contributed by atoms with van der Waals surface area (Å²) in [6.45, 7) is 3.91. The zero-order valence-electron chi connectivity index (χ0n) is 20.2. The molecule has 0 aliphatic heterocycles. The first-order valence-electron chi connectivity index (χ1n) is 11.7. The van der Waals surface area contributed by atoms with E-state index in [1.54, 1.807) is 28.6 Å². The normalized spacial score (nSPS) is 11.0. The Labute approximate surface area is 229 Å². The van der Waals surface area contributed by atoms with E-state index in [0.29, 0.717) is 40.3 Å². The van der Waals surface area contributed by atoms with Crippen LogP contribution in [0.5, 0.6) is 11.5 Å². The number of ether oxygens (including phenoxy) is 2. The number of para-hydroxylation sites is 1. The molecule has 37 heavy (non-hydrogen) atoms. The number of thioether (sulfide) groups is 1. The molecule has 0 radical (unpaired) electrons. The summed E-state index contributed by atoms with van der Waals surface area (Å²) in [4.78, 5) is 0. The summed E-state index contributed by atoms with van der Waals surface area (Å²) in [5, 5.41) is 17.1. The van der Waals surface area contributed by atoms with Crippen LogP contribution in [0.3, 0.4) is 0 Å². The van der Waals surface area contributed by atoms with Crippen molar-refractivity contribution < 1.29 is 13.9 Å². The number of rotatable bonds is 13. The Morgan fingerprint density at radius 3 is 2.54 bits per heavy atom. The first-order valence-corrected chi connectivity index (χ1v) is 13.5. The molecule has 0 atom stereocenters. The third kappa shape index (κ3) is 7.58. The molecule has 3 aromatic carbocycles. The summed E-state index contributed by atoms with van der Waals surface area (Å²) >= 11 is 14.3. The van der Waals surface area contributed by atoms with Crippen LogP contribution < -0.4 is 14.8 Å². The fourth-order valence-corrected chi connectivity index (χ4v) is 4.74. The van der Waals surface area contributed by atoms with Gasteiger partial charge in [0.15, 0.2) is 11.5 Å². The van der Waals surface area contributed by atoms with Gasteiger partial charge in [0.05, 0.1) is 17.3 Å². The second kappa shape index (κ2) is 13.6. The summed E-state index contributed by atoms with van der Waals surface area (Å²) in [6.07, 6.45) is 0.919. The lowest BCUT2D eigenvalue weighted by Crippen LogP contribution is -2.16. The van der Waals surface area contributed by atoms with Crippen molar-refractivity contribution in [1.29, 1.82) is 0 Å². The molecule has 0 aliphatic rings. The third-order valence-electron chi connectivity index (χ3n) is 5.30. The minimum atomic E-state index is -0.394. The van der Waals surface area contributed by atoms with Gasteiger partial charge in [0.1, 0.15) is 12.4 Å². The predicted molar refractivity (Wildman–Crippen MR) is 145 cm³/mol. The van der Waals surface area contributed by atoms with Crippen LogP contribution in [0.1, 0.15) is 24.5 Å². The van der Waals surface area contributed by atoms with Crippen LogP contribution in [0, 0.1) is 5.82 Å². The van der Waals surface area contributed by atoms with E-state index in [9.17, 15) is 4.39 Å². The monoisotopic (exact) mass is 561 g/mol. The molecule has 0 spiro atoms. The molecule has 0 amide bonds. The standard InChI is InChI=1S/C26H26Cl2FN5O2S/c1-2-35-24-13-19(23(28)15-25(24)36-17-18-9-10-20(29)14-22(18)27)16-30-11-6-12-37-26-31-32-33-34(26)21-7-4-3-5-8-21/h3-5,7-10,13-15,30H,2,6,11-12,16-17H2,1H3. The molecule has 194 valence electrons. The van der Waals surface area contributed by atoms with Crippen LogP contribution in [0.4, 0.5) is 4.39 Å².